The molecule has 0 aliphatic heterocycles. The molecule has 0 unspecified atom stereocenters. The lowest BCUT2D eigenvalue weighted by Crippen LogP contribution is -2.25. The molecule has 16 heavy (non-hydrogen) atoms. The highest BCUT2D eigenvalue weighted by Gasteiger charge is 2.12. The highest BCUT2D eigenvalue weighted by Crippen LogP contribution is 2.15. The van der Waals surface area contributed by atoms with Gasteiger partial charge in [-0.05, 0) is 30.5 Å². The van der Waals surface area contributed by atoms with Crippen molar-refractivity contribution in [1.82, 2.24) is 5.32 Å². The first-order valence-corrected chi connectivity index (χ1v) is 5.18. The predicted octanol–water partition coefficient (Wildman–Crippen LogP) is 2.91. The second-order valence-electron chi connectivity index (χ2n) is 3.89. The maximum atomic E-state index is 12.9. The molecule has 0 saturated carbocycles. The molecule has 0 radical (unpaired) electrons. The fraction of sp³-hybridized carbons (Fsp3) is 0.333. The summed E-state index contributed by atoms with van der Waals surface area (Å²) in [5.41, 5.74) is 0.420. The van der Waals surface area contributed by atoms with E-state index in [0.717, 1.165) is 25.0 Å². The van der Waals surface area contributed by atoms with Crippen LogP contribution < -0.4 is 5.32 Å². The molecule has 1 aliphatic carbocycles. The zero-order chi connectivity index (χ0) is 11.5. The van der Waals surface area contributed by atoms with E-state index in [0.29, 0.717) is 18.2 Å². The van der Waals surface area contributed by atoms with E-state index in [1.807, 2.05) is 0 Å². The molecule has 4 heteroatoms. The van der Waals surface area contributed by atoms with E-state index in [-0.39, 0.29) is 0 Å². The minimum Gasteiger partial charge on any atom is -0.309 e. The summed E-state index contributed by atoms with van der Waals surface area (Å²) >= 11 is 0. The van der Waals surface area contributed by atoms with E-state index in [4.69, 9.17) is 0 Å². The van der Waals surface area contributed by atoms with Crippen LogP contribution in [-0.2, 0) is 6.54 Å². The molecule has 2 rings (SSSR count). The van der Waals surface area contributed by atoms with Gasteiger partial charge in [0.05, 0.1) is 0 Å². The molecule has 0 aromatic heterocycles. The van der Waals surface area contributed by atoms with Crippen molar-refractivity contribution in [2.45, 2.75) is 25.4 Å². The summed E-state index contributed by atoms with van der Waals surface area (Å²) in [5, 5.41) is 3.15. The van der Waals surface area contributed by atoms with Crippen molar-refractivity contribution in [3.05, 3.63) is 47.3 Å². The van der Waals surface area contributed by atoms with Crippen LogP contribution in [0.3, 0.4) is 0 Å². The Kier molecular flexibility index (Phi) is 3.29. The Morgan fingerprint density at radius 1 is 1.06 bits per heavy atom. The lowest BCUT2D eigenvalue weighted by Gasteiger charge is -2.12. The quantitative estimate of drug-likeness (QED) is 0.618. The number of benzene rings is 1. The van der Waals surface area contributed by atoms with Crippen LogP contribution in [-0.4, -0.2) is 6.04 Å². The van der Waals surface area contributed by atoms with Gasteiger partial charge < -0.3 is 5.32 Å². The summed E-state index contributed by atoms with van der Waals surface area (Å²) < 4.78 is 38.4. The smallest absolute Gasteiger partial charge is 0.194 e. The zero-order valence-electron chi connectivity index (χ0n) is 8.64. The number of nitrogens with one attached hydrogen (secondary N) is 1. The first-order chi connectivity index (χ1) is 7.66. The van der Waals surface area contributed by atoms with Crippen molar-refractivity contribution in [1.29, 1.82) is 0 Å². The highest BCUT2D eigenvalue weighted by atomic mass is 19.2. The largest absolute Gasteiger partial charge is 0.309 e. The second kappa shape index (κ2) is 4.70. The minimum atomic E-state index is -1.41. The molecular formula is C12H12F3N. The minimum absolute atomic E-state index is 0.316. The van der Waals surface area contributed by atoms with Crippen LogP contribution in [0.5, 0.6) is 0 Å². The molecule has 0 saturated heterocycles. The van der Waals surface area contributed by atoms with Crippen molar-refractivity contribution in [3.63, 3.8) is 0 Å². The molecule has 0 spiro atoms. The monoisotopic (exact) mass is 227 g/mol. The van der Waals surface area contributed by atoms with Crippen LogP contribution in [0.2, 0.25) is 0 Å². The maximum absolute atomic E-state index is 12.9. The van der Waals surface area contributed by atoms with E-state index in [9.17, 15) is 13.2 Å². The highest BCUT2D eigenvalue weighted by molar-refractivity contribution is 5.19. The maximum Gasteiger partial charge on any atom is 0.194 e. The standard InChI is InChI=1S/C12H12F3N/c13-10-5-8(6-11(14)12(10)15)7-16-9-3-1-2-4-9/h1-2,5-6,9,16H,3-4,7H2. The van der Waals surface area contributed by atoms with Gasteiger partial charge in [0, 0.05) is 12.6 Å². The molecule has 0 atom stereocenters. The van der Waals surface area contributed by atoms with E-state index in [1.54, 1.807) is 0 Å². The van der Waals surface area contributed by atoms with Crippen molar-refractivity contribution in [2.75, 3.05) is 0 Å². The molecule has 86 valence electrons. The third kappa shape index (κ3) is 2.44. The van der Waals surface area contributed by atoms with Crippen LogP contribution in [0, 0.1) is 17.5 Å². The number of halogens is 3. The molecule has 1 N–H and O–H groups in total. The molecule has 0 bridgehead atoms. The molecule has 0 heterocycles. The second-order valence-corrected chi connectivity index (χ2v) is 3.89. The normalized spacial score (nSPS) is 15.9. The van der Waals surface area contributed by atoms with Crippen LogP contribution in [0.4, 0.5) is 13.2 Å². The fourth-order valence-corrected chi connectivity index (χ4v) is 1.76. The summed E-state index contributed by atoms with van der Waals surface area (Å²) in [7, 11) is 0. The number of hydrogen-bond donors (Lipinski definition) is 1. The third-order valence-corrected chi connectivity index (χ3v) is 2.65. The van der Waals surface area contributed by atoms with Gasteiger partial charge in [-0.1, -0.05) is 12.2 Å². The number of hydrogen-bond acceptors (Lipinski definition) is 1. The summed E-state index contributed by atoms with van der Waals surface area (Å²) in [6.45, 7) is 0.348. The van der Waals surface area contributed by atoms with Crippen LogP contribution in [0.15, 0.2) is 24.3 Å². The average Bonchev–Trinajstić information content (AvgIpc) is 2.75. The summed E-state index contributed by atoms with van der Waals surface area (Å²) in [6.07, 6.45) is 5.96. The first kappa shape index (κ1) is 11.2. The van der Waals surface area contributed by atoms with E-state index in [1.165, 1.54) is 0 Å². The Morgan fingerprint density at radius 3 is 2.19 bits per heavy atom. The van der Waals surface area contributed by atoms with Gasteiger partial charge in [-0.3, -0.25) is 0 Å². The Balaban J connectivity index is 1.99. The number of rotatable bonds is 3. The Labute approximate surface area is 92.0 Å². The Bertz CT molecular complexity index is 384. The van der Waals surface area contributed by atoms with Crippen molar-refractivity contribution >= 4 is 0 Å². The van der Waals surface area contributed by atoms with Crippen molar-refractivity contribution < 1.29 is 13.2 Å². The average molecular weight is 227 g/mol. The van der Waals surface area contributed by atoms with Crippen LogP contribution in [0.1, 0.15) is 18.4 Å². The Morgan fingerprint density at radius 2 is 1.62 bits per heavy atom. The van der Waals surface area contributed by atoms with E-state index >= 15 is 0 Å². The van der Waals surface area contributed by atoms with Crippen molar-refractivity contribution in [2.24, 2.45) is 0 Å². The van der Waals surface area contributed by atoms with Gasteiger partial charge >= 0.3 is 0 Å². The zero-order valence-corrected chi connectivity index (χ0v) is 8.64. The first-order valence-electron chi connectivity index (χ1n) is 5.18. The van der Waals surface area contributed by atoms with Gasteiger partial charge in [0.15, 0.2) is 17.5 Å². The lowest BCUT2D eigenvalue weighted by atomic mass is 10.1. The fourth-order valence-electron chi connectivity index (χ4n) is 1.76. The topological polar surface area (TPSA) is 12.0 Å². The van der Waals surface area contributed by atoms with Crippen molar-refractivity contribution in [3.8, 4) is 0 Å². The van der Waals surface area contributed by atoms with Gasteiger partial charge in [-0.25, -0.2) is 13.2 Å². The SMILES string of the molecule is Fc1cc(CNC2CC=CC2)cc(F)c1F. The lowest BCUT2D eigenvalue weighted by molar-refractivity contribution is 0.442. The van der Waals surface area contributed by atoms with Gasteiger partial charge in [0.1, 0.15) is 0 Å². The van der Waals surface area contributed by atoms with Gasteiger partial charge in [0.2, 0.25) is 0 Å². The molecule has 0 fully saturated rings. The molecule has 1 nitrogen and oxygen atoms in total. The van der Waals surface area contributed by atoms with E-state index in [2.05, 4.69) is 17.5 Å². The molecule has 1 aromatic carbocycles. The van der Waals surface area contributed by atoms with Crippen LogP contribution in [0.25, 0.3) is 0 Å². The molecule has 0 amide bonds. The van der Waals surface area contributed by atoms with Gasteiger partial charge in [0.25, 0.3) is 0 Å². The molecule has 1 aromatic rings. The predicted molar refractivity (Wildman–Crippen MR) is 55.3 cm³/mol. The molecular weight excluding hydrogens is 215 g/mol. The van der Waals surface area contributed by atoms with Crippen LogP contribution >= 0.6 is 0 Å². The third-order valence-electron chi connectivity index (χ3n) is 2.65. The summed E-state index contributed by atoms with van der Waals surface area (Å²) in [4.78, 5) is 0. The van der Waals surface area contributed by atoms with Gasteiger partial charge in [-0.15, -0.1) is 0 Å². The summed E-state index contributed by atoms with van der Waals surface area (Å²) in [6, 6.07) is 2.36. The summed E-state index contributed by atoms with van der Waals surface area (Å²) in [5.74, 6) is -3.69. The van der Waals surface area contributed by atoms with E-state index < -0.39 is 17.5 Å². The Hall–Kier alpha value is -1.29. The molecule has 1 aliphatic rings. The van der Waals surface area contributed by atoms with Gasteiger partial charge in [-0.2, -0.15) is 0 Å².